The van der Waals surface area contributed by atoms with E-state index in [1.165, 1.54) is 25.7 Å². The molecule has 0 aromatic heterocycles. The summed E-state index contributed by atoms with van der Waals surface area (Å²) in [6.45, 7) is 4.59. The van der Waals surface area contributed by atoms with E-state index in [2.05, 4.69) is 6.92 Å². The minimum atomic E-state index is -0.114. The van der Waals surface area contributed by atoms with Crippen molar-refractivity contribution >= 4 is 17.6 Å². The molecule has 0 aromatic rings. The van der Waals surface area contributed by atoms with Crippen molar-refractivity contribution in [2.24, 2.45) is 11.8 Å². The van der Waals surface area contributed by atoms with Gasteiger partial charge in [0, 0.05) is 11.8 Å². The van der Waals surface area contributed by atoms with E-state index in [1.54, 1.807) is 0 Å². The number of rotatable bonds is 5. The summed E-state index contributed by atoms with van der Waals surface area (Å²) in [6, 6.07) is 0. The van der Waals surface area contributed by atoms with Crippen LogP contribution in [0.25, 0.3) is 0 Å². The molecule has 1 saturated carbocycles. The van der Waals surface area contributed by atoms with Crippen molar-refractivity contribution in [1.82, 2.24) is 0 Å². The molecular weight excluding hydrogens is 224 g/mol. The fourth-order valence-electron chi connectivity index (χ4n) is 2.53. The van der Waals surface area contributed by atoms with Gasteiger partial charge in [0.1, 0.15) is 0 Å². The lowest BCUT2D eigenvalue weighted by atomic mass is 9.80. The first kappa shape index (κ1) is 13.8. The van der Waals surface area contributed by atoms with Crippen LogP contribution in [0, 0.1) is 11.8 Å². The molecule has 94 valence electrons. The highest BCUT2D eigenvalue weighted by Gasteiger charge is 2.25. The standard InChI is InChI=1S/C13H23ClO2/c1-3-16-13(15)8-7-12(14)11-6-4-5-10(2)9-11/h10-12H,3-9H2,1-2H3. The maximum Gasteiger partial charge on any atom is 0.305 e. The van der Waals surface area contributed by atoms with Crippen molar-refractivity contribution in [1.29, 1.82) is 0 Å². The Balaban J connectivity index is 2.23. The van der Waals surface area contributed by atoms with Crippen LogP contribution in [-0.4, -0.2) is 18.0 Å². The summed E-state index contributed by atoms with van der Waals surface area (Å²) in [6.07, 6.45) is 6.29. The normalized spacial score (nSPS) is 27.4. The molecule has 0 aliphatic heterocycles. The van der Waals surface area contributed by atoms with E-state index in [9.17, 15) is 4.79 Å². The van der Waals surface area contributed by atoms with Gasteiger partial charge in [-0.2, -0.15) is 0 Å². The van der Waals surface area contributed by atoms with E-state index in [1.807, 2.05) is 6.92 Å². The summed E-state index contributed by atoms with van der Waals surface area (Å²) < 4.78 is 4.90. The first-order valence-electron chi connectivity index (χ1n) is 6.43. The van der Waals surface area contributed by atoms with Crippen LogP contribution >= 0.6 is 11.6 Å². The Labute approximate surface area is 104 Å². The zero-order valence-electron chi connectivity index (χ0n) is 10.4. The van der Waals surface area contributed by atoms with Gasteiger partial charge in [0.2, 0.25) is 0 Å². The molecule has 1 aliphatic carbocycles. The second-order valence-corrected chi connectivity index (χ2v) is 5.45. The smallest absolute Gasteiger partial charge is 0.305 e. The Morgan fingerprint density at radius 2 is 2.25 bits per heavy atom. The topological polar surface area (TPSA) is 26.3 Å². The number of hydrogen-bond acceptors (Lipinski definition) is 2. The average molecular weight is 247 g/mol. The van der Waals surface area contributed by atoms with Gasteiger partial charge in [-0.1, -0.05) is 19.8 Å². The van der Waals surface area contributed by atoms with Crippen molar-refractivity contribution in [3.63, 3.8) is 0 Å². The molecule has 0 aromatic carbocycles. The van der Waals surface area contributed by atoms with Gasteiger partial charge in [-0.25, -0.2) is 0 Å². The van der Waals surface area contributed by atoms with Crippen LogP contribution in [-0.2, 0) is 9.53 Å². The third kappa shape index (κ3) is 4.73. The number of carbonyl (C=O) groups is 1. The van der Waals surface area contributed by atoms with Crippen LogP contribution < -0.4 is 0 Å². The Hall–Kier alpha value is -0.240. The largest absolute Gasteiger partial charge is 0.466 e. The van der Waals surface area contributed by atoms with E-state index in [0.717, 1.165) is 12.3 Å². The molecule has 3 unspecified atom stereocenters. The third-order valence-electron chi connectivity index (χ3n) is 3.42. The van der Waals surface area contributed by atoms with Crippen molar-refractivity contribution in [3.8, 4) is 0 Å². The van der Waals surface area contributed by atoms with Crippen molar-refractivity contribution < 1.29 is 9.53 Å². The first-order valence-corrected chi connectivity index (χ1v) is 6.86. The van der Waals surface area contributed by atoms with Crippen LogP contribution in [0.5, 0.6) is 0 Å². The second kappa shape index (κ2) is 7.16. The molecule has 0 amide bonds. The lowest BCUT2D eigenvalue weighted by Gasteiger charge is -2.29. The number of halogens is 1. The van der Waals surface area contributed by atoms with Crippen LogP contribution in [0.15, 0.2) is 0 Å². The zero-order chi connectivity index (χ0) is 12.0. The Morgan fingerprint density at radius 1 is 1.50 bits per heavy atom. The van der Waals surface area contributed by atoms with Gasteiger partial charge >= 0.3 is 5.97 Å². The van der Waals surface area contributed by atoms with Gasteiger partial charge in [-0.15, -0.1) is 11.6 Å². The van der Waals surface area contributed by atoms with Gasteiger partial charge < -0.3 is 4.74 Å². The van der Waals surface area contributed by atoms with Gasteiger partial charge in [0.15, 0.2) is 0 Å². The third-order valence-corrected chi connectivity index (χ3v) is 3.99. The fraction of sp³-hybridized carbons (Fsp3) is 0.923. The van der Waals surface area contributed by atoms with Crippen LogP contribution in [0.3, 0.4) is 0 Å². The quantitative estimate of drug-likeness (QED) is 0.545. The molecule has 0 bridgehead atoms. The molecule has 0 radical (unpaired) electrons. The molecule has 2 nitrogen and oxygen atoms in total. The molecule has 3 heteroatoms. The van der Waals surface area contributed by atoms with Crippen LogP contribution in [0.2, 0.25) is 0 Å². The number of ether oxygens (including phenoxy) is 1. The maximum atomic E-state index is 11.2. The van der Waals surface area contributed by atoms with Gasteiger partial charge in [0.25, 0.3) is 0 Å². The van der Waals surface area contributed by atoms with Crippen molar-refractivity contribution in [2.75, 3.05) is 6.61 Å². The Morgan fingerprint density at radius 3 is 2.88 bits per heavy atom. The van der Waals surface area contributed by atoms with Crippen LogP contribution in [0.1, 0.15) is 52.4 Å². The van der Waals surface area contributed by atoms with Gasteiger partial charge in [0.05, 0.1) is 6.61 Å². The van der Waals surface area contributed by atoms with Crippen molar-refractivity contribution in [2.45, 2.75) is 57.7 Å². The molecule has 0 spiro atoms. The van der Waals surface area contributed by atoms with E-state index < -0.39 is 0 Å². The molecule has 0 heterocycles. The highest BCUT2D eigenvalue weighted by atomic mass is 35.5. The number of esters is 1. The molecular formula is C13H23ClO2. The summed E-state index contributed by atoms with van der Waals surface area (Å²) >= 11 is 6.36. The maximum absolute atomic E-state index is 11.2. The minimum absolute atomic E-state index is 0.114. The van der Waals surface area contributed by atoms with E-state index in [0.29, 0.717) is 18.9 Å². The fourth-order valence-corrected chi connectivity index (χ4v) is 2.87. The minimum Gasteiger partial charge on any atom is -0.466 e. The predicted molar refractivity (Wildman–Crippen MR) is 66.6 cm³/mol. The second-order valence-electron chi connectivity index (χ2n) is 4.89. The van der Waals surface area contributed by atoms with E-state index in [4.69, 9.17) is 16.3 Å². The molecule has 1 aliphatic rings. The SMILES string of the molecule is CCOC(=O)CCC(Cl)C1CCCC(C)C1. The number of hydrogen-bond donors (Lipinski definition) is 0. The lowest BCUT2D eigenvalue weighted by Crippen LogP contribution is -2.23. The summed E-state index contributed by atoms with van der Waals surface area (Å²) in [5.41, 5.74) is 0. The van der Waals surface area contributed by atoms with Crippen LogP contribution in [0.4, 0.5) is 0 Å². The first-order chi connectivity index (χ1) is 7.63. The van der Waals surface area contributed by atoms with Gasteiger partial charge in [-0.05, 0) is 38.0 Å². The lowest BCUT2D eigenvalue weighted by molar-refractivity contribution is -0.143. The Bertz CT molecular complexity index is 218. The highest BCUT2D eigenvalue weighted by molar-refractivity contribution is 6.20. The summed E-state index contributed by atoms with van der Waals surface area (Å²) in [7, 11) is 0. The molecule has 0 saturated heterocycles. The molecule has 3 atom stereocenters. The summed E-state index contributed by atoms with van der Waals surface area (Å²) in [4.78, 5) is 11.2. The molecule has 1 rings (SSSR count). The summed E-state index contributed by atoms with van der Waals surface area (Å²) in [5, 5.41) is 0.146. The molecule has 0 N–H and O–H groups in total. The average Bonchev–Trinajstić information content (AvgIpc) is 2.26. The Kier molecular flexibility index (Phi) is 6.18. The monoisotopic (exact) mass is 246 g/mol. The molecule has 16 heavy (non-hydrogen) atoms. The number of alkyl halides is 1. The van der Waals surface area contributed by atoms with Crippen molar-refractivity contribution in [3.05, 3.63) is 0 Å². The number of carbonyl (C=O) groups excluding carboxylic acids is 1. The molecule has 1 fully saturated rings. The zero-order valence-corrected chi connectivity index (χ0v) is 11.1. The highest BCUT2D eigenvalue weighted by Crippen LogP contribution is 2.34. The van der Waals surface area contributed by atoms with Gasteiger partial charge in [-0.3, -0.25) is 4.79 Å². The van der Waals surface area contributed by atoms with E-state index >= 15 is 0 Å². The van der Waals surface area contributed by atoms with E-state index in [-0.39, 0.29) is 11.3 Å². The predicted octanol–water partition coefficient (Wildman–Crippen LogP) is 3.76. The summed E-state index contributed by atoms with van der Waals surface area (Å²) in [5.74, 6) is 1.28.